The van der Waals surface area contributed by atoms with Gasteiger partial charge in [0.05, 0.1) is 4.11 Å². The number of rotatable bonds is 9. The predicted molar refractivity (Wildman–Crippen MR) is 315 cm³/mol. The van der Waals surface area contributed by atoms with Crippen LogP contribution < -0.4 is 14.5 Å². The van der Waals surface area contributed by atoms with Crippen LogP contribution in [0.15, 0.2) is 152 Å². The van der Waals surface area contributed by atoms with Crippen molar-refractivity contribution in [3.63, 3.8) is 0 Å². The topological polar surface area (TPSA) is 33.5 Å². The van der Waals surface area contributed by atoms with Crippen LogP contribution in [-0.4, -0.2) is 9.55 Å². The molecule has 0 radical (unpaired) electrons. The largest absolute Gasteiger partial charge is 0.509 e. The van der Waals surface area contributed by atoms with Crippen LogP contribution in [0.2, 0.25) is 0 Å². The van der Waals surface area contributed by atoms with Crippen molar-refractivity contribution >= 4 is 44.6 Å². The summed E-state index contributed by atoms with van der Waals surface area (Å²) in [4.78, 5) is 8.98. The summed E-state index contributed by atoms with van der Waals surface area (Å²) in [5.74, 6) is 1.47. The number of hydrogen-bond donors (Lipinski definition) is 0. The maximum absolute atomic E-state index is 10.3. The zero-order valence-corrected chi connectivity index (χ0v) is 48.5. The molecule has 76 heavy (non-hydrogen) atoms. The number of ether oxygens (including phenoxy) is 1. The number of anilines is 4. The van der Waals surface area contributed by atoms with Crippen LogP contribution in [0, 0.1) is 29.6 Å². The molecule has 0 unspecified atom stereocenters. The van der Waals surface area contributed by atoms with Gasteiger partial charge in [-0.3, -0.25) is 0 Å². The Kier molecular flexibility index (Phi) is 11.5. The first-order valence-electron chi connectivity index (χ1n) is 29.9. The molecule has 0 atom stereocenters. The van der Waals surface area contributed by atoms with Gasteiger partial charge >= 0.3 is 0 Å². The van der Waals surface area contributed by atoms with Gasteiger partial charge in [-0.15, -0.1) is 48.1 Å². The Morgan fingerprint density at radius 3 is 2.00 bits per heavy atom. The van der Waals surface area contributed by atoms with E-state index in [1.54, 1.807) is 12.3 Å². The van der Waals surface area contributed by atoms with Gasteiger partial charge in [-0.2, -0.15) is 12.1 Å². The fourth-order valence-electron chi connectivity index (χ4n) is 10.8. The van der Waals surface area contributed by atoms with Gasteiger partial charge in [0.2, 0.25) is 0 Å². The molecule has 3 heterocycles. The summed E-state index contributed by atoms with van der Waals surface area (Å²) in [6.07, 6.45) is -0.00479. The molecule has 0 saturated carbocycles. The molecular formula is C70H73N4OPt-3. The zero-order valence-electron chi connectivity index (χ0n) is 53.2. The van der Waals surface area contributed by atoms with Gasteiger partial charge in [0.15, 0.2) is 0 Å². The van der Waals surface area contributed by atoms with E-state index in [-0.39, 0.29) is 44.6 Å². The molecule has 1 aliphatic carbocycles. The molecule has 9 aromatic rings. The molecule has 7 aromatic carbocycles. The van der Waals surface area contributed by atoms with Crippen molar-refractivity contribution in [2.24, 2.45) is 10.8 Å². The van der Waals surface area contributed by atoms with Crippen LogP contribution in [0.5, 0.6) is 11.5 Å². The summed E-state index contributed by atoms with van der Waals surface area (Å²) in [5, 5.41) is 1.95. The Morgan fingerprint density at radius 1 is 0.632 bits per heavy atom. The van der Waals surface area contributed by atoms with E-state index < -0.39 is 34.4 Å². The second kappa shape index (κ2) is 19.5. The Hall–Kier alpha value is -6.42. The molecule has 0 amide bonds. The Labute approximate surface area is 477 Å². The average Bonchev–Trinajstić information content (AvgIpc) is 1.56. The summed E-state index contributed by atoms with van der Waals surface area (Å²) in [7, 11) is 0. The molecule has 11 rings (SSSR count). The van der Waals surface area contributed by atoms with Gasteiger partial charge in [0.1, 0.15) is 5.82 Å². The van der Waals surface area contributed by atoms with Gasteiger partial charge in [-0.05, 0) is 127 Å². The first-order chi connectivity index (χ1) is 38.3. The molecule has 0 saturated heterocycles. The fraction of sp³-hybridized carbons (Fsp3) is 0.314. The number of hydrogen-bond acceptors (Lipinski definition) is 4. The molecule has 0 spiro atoms. The second-order valence-electron chi connectivity index (χ2n) is 25.0. The third kappa shape index (κ3) is 10.3. The van der Waals surface area contributed by atoms with E-state index in [2.05, 4.69) is 101 Å². The van der Waals surface area contributed by atoms with Crippen molar-refractivity contribution in [2.75, 3.05) is 9.80 Å². The Balaban J connectivity index is 0.00000769. The first-order valence-corrected chi connectivity index (χ1v) is 26.4. The second-order valence-corrected chi connectivity index (χ2v) is 25.0. The van der Waals surface area contributed by atoms with E-state index in [1.165, 1.54) is 0 Å². The molecule has 2 aliphatic rings. The molecule has 0 N–H and O–H groups in total. The minimum Gasteiger partial charge on any atom is -0.509 e. The van der Waals surface area contributed by atoms with E-state index in [9.17, 15) is 6.85 Å². The van der Waals surface area contributed by atoms with E-state index in [4.69, 9.17) is 12.5 Å². The molecule has 392 valence electrons. The maximum atomic E-state index is 10.3. The third-order valence-corrected chi connectivity index (χ3v) is 14.6. The quantitative estimate of drug-likeness (QED) is 0.135. The van der Waals surface area contributed by atoms with E-state index in [0.717, 1.165) is 73.8 Å². The van der Waals surface area contributed by atoms with Crippen LogP contribution in [0.3, 0.4) is 0 Å². The van der Waals surface area contributed by atoms with Crippen molar-refractivity contribution < 1.29 is 35.4 Å². The van der Waals surface area contributed by atoms with E-state index >= 15 is 0 Å². The number of para-hydroxylation sites is 4. The minimum absolute atomic E-state index is 0. The van der Waals surface area contributed by atoms with Crippen molar-refractivity contribution in [3.05, 3.63) is 198 Å². The average molecular weight is 1190 g/mol. The summed E-state index contributed by atoms with van der Waals surface area (Å²) < 4.78 is 76.1. The monoisotopic (exact) mass is 1190 g/mol. The molecule has 5 nitrogen and oxygen atoms in total. The van der Waals surface area contributed by atoms with Gasteiger partial charge in [-0.1, -0.05) is 180 Å². The first kappa shape index (κ1) is 44.7. The van der Waals surface area contributed by atoms with Crippen LogP contribution in [0.4, 0.5) is 22.7 Å². The SMILES string of the molecule is [2H]c1c([2H])c2c(c([2H])c1-c1cccc(-c3cc(C(C)(C)C)cc(C([2H])([2H])C(C)(C)C)c3)c1N1[CH-]N(c3[c-]c(Oc4[c-]c5c(cc4)c4ccccc4n5-c4cc(C([2H])([2H])C(C)(C)C)ccn4)ccc3)c3ccccc31)C(C)(C)CCC2(C)C.[Pt]. The Morgan fingerprint density at radius 2 is 1.28 bits per heavy atom. The van der Waals surface area contributed by atoms with Crippen LogP contribution in [0.25, 0.3) is 49.9 Å². The maximum Gasteiger partial charge on any atom is 0.135 e. The van der Waals surface area contributed by atoms with Gasteiger partial charge in [-0.25, -0.2) is 4.98 Å². The number of nitrogens with zero attached hydrogens (tertiary/aromatic N) is 4. The van der Waals surface area contributed by atoms with E-state index in [1.807, 2.05) is 144 Å². The molecule has 6 heteroatoms. The molecule has 0 bridgehead atoms. The standard InChI is InChI=1S/C70H73N4O.Pt/c1-66(2,3)43-46-32-35-71-64(38-46)74-60-25-15-14-22-56(60)57-30-29-53(42-63(57)74)75-52-21-18-20-51(41-52)72-45-73(62-27-17-16-26-61(62)72)65-54(48-28-31-58-59(40-48)70(12,13)34-33-69(58,10)11)23-19-24-55(65)49-36-47(44-67(4,5)6)37-50(39-49)68(7,8)9;/h14-32,35-40,45H,33-34,43-44H2,1-13H3;/q-3;/i28D,31D,40D,43D2,44D2;. The molecule has 1 aliphatic heterocycles. The zero-order chi connectivity index (χ0) is 59.0. The van der Waals surface area contributed by atoms with Crippen LogP contribution in [0.1, 0.15) is 140 Å². The van der Waals surface area contributed by atoms with Gasteiger partial charge in [0, 0.05) is 77.9 Å². The molecule has 0 fully saturated rings. The summed E-state index contributed by atoms with van der Waals surface area (Å²) >= 11 is 0. The van der Waals surface area contributed by atoms with Gasteiger partial charge in [0.25, 0.3) is 0 Å². The smallest absolute Gasteiger partial charge is 0.135 e. The normalized spacial score (nSPS) is 16.9. The van der Waals surface area contributed by atoms with Gasteiger partial charge < -0.3 is 19.1 Å². The summed E-state index contributed by atoms with van der Waals surface area (Å²) in [6.45, 7) is 28.5. The van der Waals surface area contributed by atoms with Crippen LogP contribution in [-0.2, 0) is 50.1 Å². The molecule has 2 aromatic heterocycles. The van der Waals surface area contributed by atoms with E-state index in [0.29, 0.717) is 50.9 Å². The van der Waals surface area contributed by atoms with Crippen molar-refractivity contribution in [3.8, 4) is 39.6 Å². The minimum atomic E-state index is -1.72. The van der Waals surface area contributed by atoms with Crippen molar-refractivity contribution in [2.45, 2.75) is 132 Å². The number of pyridine rings is 1. The predicted octanol–water partition coefficient (Wildman–Crippen LogP) is 19.1. The molecular weight excluding hydrogens is 1110 g/mol. The van der Waals surface area contributed by atoms with Crippen LogP contribution >= 0.6 is 0 Å². The summed E-state index contributed by atoms with van der Waals surface area (Å²) in [5.41, 5.74) is 8.37. The number of benzene rings is 7. The third-order valence-electron chi connectivity index (χ3n) is 14.6. The number of aromatic nitrogens is 2. The summed E-state index contributed by atoms with van der Waals surface area (Å²) in [6, 6.07) is 49.2. The number of fused-ring (bicyclic) bond motifs is 5. The Bertz CT molecular complexity index is 4030. The van der Waals surface area contributed by atoms with Crippen molar-refractivity contribution in [1.82, 2.24) is 9.55 Å². The fourth-order valence-corrected chi connectivity index (χ4v) is 10.8. The van der Waals surface area contributed by atoms with Crippen molar-refractivity contribution in [1.29, 1.82) is 0 Å².